The first-order chi connectivity index (χ1) is 15.4. The molecule has 1 fully saturated rings. The second-order valence-corrected chi connectivity index (χ2v) is 9.12. The summed E-state index contributed by atoms with van der Waals surface area (Å²) in [4.78, 5) is 31.5. The Bertz CT molecular complexity index is 1090. The van der Waals surface area contributed by atoms with Crippen molar-refractivity contribution < 1.29 is 14.1 Å². The third kappa shape index (κ3) is 5.21. The molecule has 1 saturated heterocycles. The molecule has 168 valence electrons. The molecule has 0 aliphatic carbocycles. The van der Waals surface area contributed by atoms with Gasteiger partial charge in [0.25, 0.3) is 0 Å². The fourth-order valence-corrected chi connectivity index (χ4v) is 4.82. The lowest BCUT2D eigenvalue weighted by atomic mass is 9.96. The topological polar surface area (TPSA) is 93.3 Å². The zero-order valence-electron chi connectivity index (χ0n) is 18.5. The van der Waals surface area contributed by atoms with Crippen LogP contribution in [0.15, 0.2) is 46.3 Å². The second kappa shape index (κ2) is 9.60. The number of amides is 2. The summed E-state index contributed by atoms with van der Waals surface area (Å²) in [6.07, 6.45) is 4.94. The van der Waals surface area contributed by atoms with Gasteiger partial charge in [0.15, 0.2) is 11.0 Å². The van der Waals surface area contributed by atoms with Gasteiger partial charge in [0, 0.05) is 43.2 Å². The first kappa shape index (κ1) is 22.1. The first-order valence-corrected chi connectivity index (χ1v) is 11.6. The molecule has 0 spiro atoms. The number of carbonyl (C=O) groups excluding carboxylic acids is 2. The molecule has 32 heavy (non-hydrogen) atoms. The van der Waals surface area contributed by atoms with Crippen LogP contribution in [0.2, 0.25) is 0 Å². The van der Waals surface area contributed by atoms with Gasteiger partial charge in [0.05, 0.1) is 5.75 Å². The molecule has 1 aliphatic heterocycles. The number of benzene rings is 1. The molecule has 2 amide bonds. The van der Waals surface area contributed by atoms with Crippen molar-refractivity contribution >= 4 is 29.4 Å². The molecule has 8 nitrogen and oxygen atoms in total. The van der Waals surface area contributed by atoms with Gasteiger partial charge in [-0.05, 0) is 56.9 Å². The number of aryl methyl sites for hydroxylation is 3. The van der Waals surface area contributed by atoms with Crippen LogP contribution in [-0.2, 0) is 9.59 Å². The van der Waals surface area contributed by atoms with E-state index in [4.69, 9.17) is 4.52 Å². The van der Waals surface area contributed by atoms with Crippen molar-refractivity contribution in [2.75, 3.05) is 24.2 Å². The minimum Gasteiger partial charge on any atom is -0.360 e. The number of hydrogen-bond donors (Lipinski definition) is 1. The van der Waals surface area contributed by atoms with Crippen molar-refractivity contribution in [3.63, 3.8) is 0 Å². The Kier molecular flexibility index (Phi) is 6.64. The van der Waals surface area contributed by atoms with E-state index in [1.165, 1.54) is 22.9 Å². The average molecular weight is 454 g/mol. The summed E-state index contributed by atoms with van der Waals surface area (Å²) < 4.78 is 6.99. The minimum atomic E-state index is -0.132. The Labute approximate surface area is 191 Å². The number of rotatable bonds is 6. The van der Waals surface area contributed by atoms with Crippen molar-refractivity contribution in [3.05, 3.63) is 53.5 Å². The van der Waals surface area contributed by atoms with Gasteiger partial charge in [-0.1, -0.05) is 23.0 Å². The monoisotopic (exact) mass is 453 g/mol. The molecule has 1 aliphatic rings. The zero-order valence-corrected chi connectivity index (χ0v) is 19.3. The molecule has 0 bridgehead atoms. The summed E-state index contributed by atoms with van der Waals surface area (Å²) in [6.45, 7) is 7.06. The predicted molar refractivity (Wildman–Crippen MR) is 123 cm³/mol. The van der Waals surface area contributed by atoms with Crippen LogP contribution in [0.1, 0.15) is 29.7 Å². The van der Waals surface area contributed by atoms with Gasteiger partial charge in [0.2, 0.25) is 11.8 Å². The van der Waals surface area contributed by atoms with E-state index in [-0.39, 0.29) is 17.7 Å². The molecule has 0 radical (unpaired) electrons. The van der Waals surface area contributed by atoms with Crippen LogP contribution in [0, 0.1) is 26.7 Å². The Morgan fingerprint density at radius 2 is 1.84 bits per heavy atom. The van der Waals surface area contributed by atoms with E-state index in [9.17, 15) is 9.59 Å². The smallest absolute Gasteiger partial charge is 0.233 e. The number of imidazole rings is 1. The van der Waals surface area contributed by atoms with Crippen molar-refractivity contribution in [2.24, 2.45) is 5.92 Å². The number of aromatic nitrogens is 3. The van der Waals surface area contributed by atoms with Gasteiger partial charge in [-0.3, -0.25) is 14.2 Å². The highest BCUT2D eigenvalue weighted by atomic mass is 32.2. The van der Waals surface area contributed by atoms with Crippen LogP contribution >= 0.6 is 11.8 Å². The number of piperidine rings is 1. The van der Waals surface area contributed by atoms with E-state index < -0.39 is 0 Å². The zero-order chi connectivity index (χ0) is 22.7. The maximum atomic E-state index is 12.8. The van der Waals surface area contributed by atoms with E-state index in [0.29, 0.717) is 43.3 Å². The maximum Gasteiger partial charge on any atom is 0.233 e. The summed E-state index contributed by atoms with van der Waals surface area (Å²) >= 11 is 1.44. The highest BCUT2D eigenvalue weighted by Crippen LogP contribution is 2.24. The van der Waals surface area contributed by atoms with Crippen molar-refractivity contribution in [2.45, 2.75) is 38.8 Å². The van der Waals surface area contributed by atoms with E-state index in [1.54, 1.807) is 19.2 Å². The summed E-state index contributed by atoms with van der Waals surface area (Å²) in [5.41, 5.74) is 3.42. The molecule has 3 heterocycles. The highest BCUT2D eigenvalue weighted by molar-refractivity contribution is 7.99. The molecule has 4 rings (SSSR count). The van der Waals surface area contributed by atoms with Crippen LogP contribution in [0.25, 0.3) is 5.69 Å². The molecule has 1 aromatic carbocycles. The van der Waals surface area contributed by atoms with Crippen LogP contribution < -0.4 is 5.32 Å². The van der Waals surface area contributed by atoms with Crippen LogP contribution in [-0.4, -0.2) is 50.3 Å². The third-order valence-corrected chi connectivity index (χ3v) is 6.47. The quantitative estimate of drug-likeness (QED) is 0.572. The number of carbonyl (C=O) groups is 2. The number of nitrogens with one attached hydrogen (secondary N) is 1. The van der Waals surface area contributed by atoms with Gasteiger partial charge >= 0.3 is 0 Å². The first-order valence-electron chi connectivity index (χ1n) is 10.7. The average Bonchev–Trinajstić information content (AvgIpc) is 3.40. The summed E-state index contributed by atoms with van der Waals surface area (Å²) in [6, 6.07) is 8.04. The lowest BCUT2D eigenvalue weighted by Crippen LogP contribution is -2.42. The summed E-state index contributed by atoms with van der Waals surface area (Å²) in [7, 11) is 0. The fourth-order valence-electron chi connectivity index (χ4n) is 3.95. The van der Waals surface area contributed by atoms with Crippen LogP contribution in [0.5, 0.6) is 0 Å². The van der Waals surface area contributed by atoms with Gasteiger partial charge in [-0.25, -0.2) is 4.98 Å². The molecule has 0 atom stereocenters. The lowest BCUT2D eigenvalue weighted by Gasteiger charge is -2.31. The second-order valence-electron chi connectivity index (χ2n) is 8.18. The highest BCUT2D eigenvalue weighted by Gasteiger charge is 2.28. The largest absolute Gasteiger partial charge is 0.360 e. The molecule has 0 unspecified atom stereocenters. The summed E-state index contributed by atoms with van der Waals surface area (Å²) in [5, 5.41) is 7.38. The summed E-state index contributed by atoms with van der Waals surface area (Å²) in [5.74, 6) is 1.26. The van der Waals surface area contributed by atoms with Crippen LogP contribution in [0.3, 0.4) is 0 Å². The van der Waals surface area contributed by atoms with Crippen molar-refractivity contribution in [3.8, 4) is 5.69 Å². The Balaban J connectivity index is 1.29. The molecule has 0 saturated carbocycles. The van der Waals surface area contributed by atoms with Crippen molar-refractivity contribution in [1.29, 1.82) is 0 Å². The number of likely N-dealkylation sites (tertiary alicyclic amines) is 1. The fraction of sp³-hybridized carbons (Fsp3) is 0.391. The van der Waals surface area contributed by atoms with Gasteiger partial charge < -0.3 is 14.7 Å². The number of thioether (sulfide) groups is 1. The standard InChI is InChI=1S/C23H27N5O3S/c1-15-10-16(2)12-19(11-15)28-9-6-24-23(28)32-14-21(29)27-7-4-18(5-8-27)22(30)25-20-13-17(3)31-26-20/h6,9-13,18H,4-5,7-8,14H2,1-3H3,(H,25,26,30). The van der Waals surface area contributed by atoms with Crippen molar-refractivity contribution in [1.82, 2.24) is 19.6 Å². The number of nitrogens with zero attached hydrogens (tertiary/aromatic N) is 4. The van der Waals surface area contributed by atoms with E-state index in [0.717, 1.165) is 10.8 Å². The van der Waals surface area contributed by atoms with Crippen LogP contribution in [0.4, 0.5) is 5.82 Å². The van der Waals surface area contributed by atoms with E-state index in [1.807, 2.05) is 15.7 Å². The van der Waals surface area contributed by atoms with Gasteiger partial charge in [0.1, 0.15) is 5.76 Å². The minimum absolute atomic E-state index is 0.0657. The van der Waals surface area contributed by atoms with E-state index >= 15 is 0 Å². The molecular formula is C23H27N5O3S. The molecule has 2 aromatic heterocycles. The SMILES string of the molecule is Cc1cc(C)cc(-n2ccnc2SCC(=O)N2CCC(C(=O)Nc3cc(C)on3)CC2)c1. The lowest BCUT2D eigenvalue weighted by molar-refractivity contribution is -0.132. The third-order valence-electron chi connectivity index (χ3n) is 5.51. The van der Waals surface area contributed by atoms with Gasteiger partial charge in [-0.2, -0.15) is 0 Å². The maximum absolute atomic E-state index is 12.8. The van der Waals surface area contributed by atoms with Gasteiger partial charge in [-0.15, -0.1) is 0 Å². The Morgan fingerprint density at radius 3 is 2.50 bits per heavy atom. The Hall–Kier alpha value is -3.07. The number of hydrogen-bond acceptors (Lipinski definition) is 6. The predicted octanol–water partition coefficient (Wildman–Crippen LogP) is 3.75. The molecule has 9 heteroatoms. The Morgan fingerprint density at radius 1 is 1.12 bits per heavy atom. The van der Waals surface area contributed by atoms with E-state index in [2.05, 4.69) is 47.5 Å². The molecule has 3 aromatic rings. The number of anilines is 1. The molecule has 1 N–H and O–H groups in total. The normalized spacial score (nSPS) is 14.5. The molecular weight excluding hydrogens is 426 g/mol.